The first kappa shape index (κ1) is 12.2. The van der Waals surface area contributed by atoms with Gasteiger partial charge in [-0.1, -0.05) is 12.8 Å². The zero-order valence-corrected chi connectivity index (χ0v) is 11.7. The predicted octanol–water partition coefficient (Wildman–Crippen LogP) is 1.91. The van der Waals surface area contributed by atoms with Crippen LogP contribution in [-0.2, 0) is 4.79 Å². The van der Waals surface area contributed by atoms with Crippen molar-refractivity contribution in [2.24, 2.45) is 40.7 Å². The lowest BCUT2D eigenvalue weighted by atomic mass is 9.86. The molecule has 4 aliphatic rings. The molecule has 0 saturated heterocycles. The minimum atomic E-state index is 0.221. The largest absolute Gasteiger partial charge is 0.355 e. The second-order valence-corrected chi connectivity index (χ2v) is 7.64. The number of nitrogens with one attached hydrogen (secondary N) is 1. The summed E-state index contributed by atoms with van der Waals surface area (Å²) in [6, 6.07) is 0. The van der Waals surface area contributed by atoms with Crippen LogP contribution in [0.3, 0.4) is 0 Å². The summed E-state index contributed by atoms with van der Waals surface area (Å²) < 4.78 is 0. The van der Waals surface area contributed by atoms with Crippen molar-refractivity contribution >= 4 is 5.91 Å². The zero-order chi connectivity index (χ0) is 13.0. The van der Waals surface area contributed by atoms with Crippen LogP contribution in [0.25, 0.3) is 0 Å². The molecule has 4 saturated carbocycles. The standard InChI is InChI=1S/C16H26N2O/c17-8-16(5-1-2-6-16)9-18-15(19)14-12-10-3-4-11(7-10)13(12)14/h10-14H,1-9,17H2,(H,18,19). The number of hydrogen-bond donors (Lipinski definition) is 2. The lowest BCUT2D eigenvalue weighted by molar-refractivity contribution is -0.123. The van der Waals surface area contributed by atoms with Gasteiger partial charge in [0.1, 0.15) is 0 Å². The summed E-state index contributed by atoms with van der Waals surface area (Å²) in [5, 5.41) is 3.26. The number of fused-ring (bicyclic) bond motifs is 5. The van der Waals surface area contributed by atoms with Crippen molar-refractivity contribution in [3.8, 4) is 0 Å². The third-order valence-electron chi connectivity index (χ3n) is 6.77. The molecule has 0 aliphatic heterocycles. The average Bonchev–Trinajstić information content (AvgIpc) is 2.83. The van der Waals surface area contributed by atoms with Crippen LogP contribution in [0.5, 0.6) is 0 Å². The lowest BCUT2D eigenvalue weighted by Crippen LogP contribution is -2.41. The van der Waals surface area contributed by atoms with Gasteiger partial charge in [-0.25, -0.2) is 0 Å². The summed E-state index contributed by atoms with van der Waals surface area (Å²) in [5.41, 5.74) is 6.16. The molecule has 0 aromatic heterocycles. The Morgan fingerprint density at radius 1 is 1.16 bits per heavy atom. The van der Waals surface area contributed by atoms with E-state index < -0.39 is 0 Å². The number of nitrogens with two attached hydrogens (primary N) is 1. The van der Waals surface area contributed by atoms with Gasteiger partial charge in [-0.3, -0.25) is 4.79 Å². The van der Waals surface area contributed by atoms with Crippen molar-refractivity contribution in [1.82, 2.24) is 5.32 Å². The van der Waals surface area contributed by atoms with Gasteiger partial charge in [0.15, 0.2) is 0 Å². The molecule has 0 heterocycles. The van der Waals surface area contributed by atoms with Crippen LogP contribution in [0.4, 0.5) is 0 Å². The number of amides is 1. The highest BCUT2D eigenvalue weighted by Crippen LogP contribution is 2.69. The molecule has 0 aromatic carbocycles. The molecule has 4 atom stereocenters. The summed E-state index contributed by atoms with van der Waals surface area (Å²) in [4.78, 5) is 12.4. The van der Waals surface area contributed by atoms with Crippen LogP contribution in [0.1, 0.15) is 44.9 Å². The fourth-order valence-electron chi connectivity index (χ4n) is 5.65. The van der Waals surface area contributed by atoms with E-state index in [1.807, 2.05) is 0 Å². The van der Waals surface area contributed by atoms with Crippen molar-refractivity contribution < 1.29 is 4.79 Å². The van der Waals surface area contributed by atoms with Gasteiger partial charge in [-0.05, 0) is 67.7 Å². The van der Waals surface area contributed by atoms with E-state index in [0.717, 1.165) is 36.8 Å². The Hall–Kier alpha value is -0.570. The third kappa shape index (κ3) is 1.77. The Morgan fingerprint density at radius 2 is 1.79 bits per heavy atom. The van der Waals surface area contributed by atoms with Crippen molar-refractivity contribution in [2.45, 2.75) is 44.9 Å². The van der Waals surface area contributed by atoms with E-state index in [4.69, 9.17) is 5.73 Å². The average molecular weight is 262 g/mol. The molecule has 1 amide bonds. The molecule has 3 N–H and O–H groups in total. The normalized spacial score (nSPS) is 45.2. The predicted molar refractivity (Wildman–Crippen MR) is 74.3 cm³/mol. The van der Waals surface area contributed by atoms with E-state index in [9.17, 15) is 4.79 Å². The molecule has 106 valence electrons. The SMILES string of the molecule is NCC1(CNC(=O)C2C3C4CCC(C4)C23)CCCC1. The van der Waals surface area contributed by atoms with Gasteiger partial charge in [0, 0.05) is 12.5 Å². The molecule has 4 unspecified atom stereocenters. The van der Waals surface area contributed by atoms with Crippen molar-refractivity contribution in [1.29, 1.82) is 0 Å². The van der Waals surface area contributed by atoms with E-state index >= 15 is 0 Å². The van der Waals surface area contributed by atoms with E-state index in [-0.39, 0.29) is 5.41 Å². The maximum Gasteiger partial charge on any atom is 0.223 e. The highest BCUT2D eigenvalue weighted by atomic mass is 16.2. The highest BCUT2D eigenvalue weighted by molar-refractivity contribution is 5.82. The first-order valence-corrected chi connectivity index (χ1v) is 8.22. The van der Waals surface area contributed by atoms with Gasteiger partial charge in [-0.2, -0.15) is 0 Å². The smallest absolute Gasteiger partial charge is 0.223 e. The maximum atomic E-state index is 12.4. The van der Waals surface area contributed by atoms with E-state index in [0.29, 0.717) is 11.8 Å². The van der Waals surface area contributed by atoms with E-state index in [1.54, 1.807) is 0 Å². The van der Waals surface area contributed by atoms with Crippen LogP contribution < -0.4 is 11.1 Å². The van der Waals surface area contributed by atoms with Gasteiger partial charge in [0.05, 0.1) is 0 Å². The number of hydrogen-bond acceptors (Lipinski definition) is 2. The Labute approximate surface area is 115 Å². The Balaban J connectivity index is 1.33. The van der Waals surface area contributed by atoms with Crippen LogP contribution in [0.2, 0.25) is 0 Å². The van der Waals surface area contributed by atoms with Gasteiger partial charge in [-0.15, -0.1) is 0 Å². The topological polar surface area (TPSA) is 55.1 Å². The van der Waals surface area contributed by atoms with Crippen molar-refractivity contribution in [3.05, 3.63) is 0 Å². The molecule has 0 aromatic rings. The quantitative estimate of drug-likeness (QED) is 0.813. The Kier molecular flexibility index (Phi) is 2.70. The van der Waals surface area contributed by atoms with Gasteiger partial charge in [0.25, 0.3) is 0 Å². The second-order valence-electron chi connectivity index (χ2n) is 7.64. The fourth-order valence-corrected chi connectivity index (χ4v) is 5.65. The monoisotopic (exact) mass is 262 g/mol. The van der Waals surface area contributed by atoms with Crippen molar-refractivity contribution in [3.63, 3.8) is 0 Å². The minimum absolute atomic E-state index is 0.221. The summed E-state index contributed by atoms with van der Waals surface area (Å²) >= 11 is 0. The van der Waals surface area contributed by atoms with Gasteiger partial charge < -0.3 is 11.1 Å². The molecule has 2 bridgehead atoms. The molecular weight excluding hydrogens is 236 g/mol. The molecule has 0 radical (unpaired) electrons. The number of carbonyl (C=O) groups excluding carboxylic acids is 1. The van der Waals surface area contributed by atoms with Gasteiger partial charge in [0.2, 0.25) is 5.91 Å². The molecule has 3 nitrogen and oxygen atoms in total. The first-order chi connectivity index (χ1) is 9.24. The molecular formula is C16H26N2O. The zero-order valence-electron chi connectivity index (χ0n) is 11.7. The van der Waals surface area contributed by atoms with Gasteiger partial charge >= 0.3 is 0 Å². The lowest BCUT2D eigenvalue weighted by Gasteiger charge is -2.27. The Bertz CT molecular complexity index is 372. The highest BCUT2D eigenvalue weighted by Gasteiger charge is 2.67. The fraction of sp³-hybridized carbons (Fsp3) is 0.938. The van der Waals surface area contributed by atoms with E-state index in [2.05, 4.69) is 5.32 Å². The molecule has 0 spiro atoms. The van der Waals surface area contributed by atoms with Crippen LogP contribution in [-0.4, -0.2) is 19.0 Å². The molecule has 19 heavy (non-hydrogen) atoms. The summed E-state index contributed by atoms with van der Waals surface area (Å²) in [6.07, 6.45) is 9.17. The summed E-state index contributed by atoms with van der Waals surface area (Å²) in [7, 11) is 0. The minimum Gasteiger partial charge on any atom is -0.355 e. The summed E-state index contributed by atoms with van der Waals surface area (Å²) in [6.45, 7) is 1.56. The van der Waals surface area contributed by atoms with Crippen LogP contribution in [0, 0.1) is 35.0 Å². The summed E-state index contributed by atoms with van der Waals surface area (Å²) in [5.74, 6) is 4.03. The van der Waals surface area contributed by atoms with Crippen LogP contribution in [0.15, 0.2) is 0 Å². The molecule has 4 rings (SSSR count). The maximum absolute atomic E-state index is 12.4. The molecule has 4 fully saturated rings. The number of carbonyl (C=O) groups is 1. The van der Waals surface area contributed by atoms with Crippen molar-refractivity contribution in [2.75, 3.05) is 13.1 Å². The van der Waals surface area contributed by atoms with Crippen LogP contribution >= 0.6 is 0 Å². The number of rotatable bonds is 4. The second kappa shape index (κ2) is 4.21. The first-order valence-electron chi connectivity index (χ1n) is 8.22. The molecule has 4 aliphatic carbocycles. The van der Waals surface area contributed by atoms with E-state index in [1.165, 1.54) is 44.9 Å². The molecule has 3 heteroatoms. The third-order valence-corrected chi connectivity index (χ3v) is 6.77. The Morgan fingerprint density at radius 3 is 2.37 bits per heavy atom.